The number of benzene rings is 2. The molecular formula is C26H38IN5O. The van der Waals surface area contributed by atoms with Crippen LogP contribution in [-0.2, 0) is 17.9 Å². The van der Waals surface area contributed by atoms with Crippen molar-refractivity contribution in [2.45, 2.75) is 58.8 Å². The second kappa shape index (κ2) is 13.5. The number of rotatable bonds is 7. The lowest BCUT2D eigenvalue weighted by Crippen LogP contribution is -2.51. The van der Waals surface area contributed by atoms with Crippen LogP contribution >= 0.6 is 24.0 Å². The lowest BCUT2D eigenvalue weighted by atomic mass is 9.97. The zero-order valence-electron chi connectivity index (χ0n) is 20.2. The van der Waals surface area contributed by atoms with E-state index in [2.05, 4.69) is 63.1 Å². The fraction of sp³-hybridized carbons (Fsp3) is 0.462. The van der Waals surface area contributed by atoms with Gasteiger partial charge in [0, 0.05) is 50.4 Å². The predicted octanol–water partition coefficient (Wildman–Crippen LogP) is 4.62. The molecule has 3 N–H and O–H groups in total. The summed E-state index contributed by atoms with van der Waals surface area (Å²) in [6.07, 6.45) is 2.19. The number of halogens is 1. The molecule has 2 aromatic rings. The summed E-state index contributed by atoms with van der Waals surface area (Å²) in [5.41, 5.74) is 3.34. The van der Waals surface area contributed by atoms with Crippen LogP contribution in [0.1, 0.15) is 44.7 Å². The molecule has 0 saturated carbocycles. The van der Waals surface area contributed by atoms with Crippen molar-refractivity contribution in [3.8, 4) is 0 Å². The molecule has 3 rings (SSSR count). The normalized spacial score (nSPS) is 19.0. The Morgan fingerprint density at radius 2 is 1.79 bits per heavy atom. The highest BCUT2D eigenvalue weighted by molar-refractivity contribution is 14.0. The Morgan fingerprint density at radius 1 is 1.09 bits per heavy atom. The van der Waals surface area contributed by atoms with E-state index in [1.165, 1.54) is 5.56 Å². The van der Waals surface area contributed by atoms with Crippen molar-refractivity contribution in [1.29, 1.82) is 0 Å². The zero-order chi connectivity index (χ0) is 22.9. The number of hydrogen-bond acceptors (Lipinski definition) is 3. The van der Waals surface area contributed by atoms with Gasteiger partial charge in [-0.15, -0.1) is 24.0 Å². The number of aliphatic imine (C=N–C) groups is 1. The number of nitrogens with zero attached hydrogens (tertiary/aromatic N) is 2. The third-order valence-corrected chi connectivity index (χ3v) is 6.01. The van der Waals surface area contributed by atoms with Crippen molar-refractivity contribution in [3.05, 3.63) is 65.7 Å². The largest absolute Gasteiger partial charge is 0.354 e. The van der Waals surface area contributed by atoms with Gasteiger partial charge < -0.3 is 16.0 Å². The van der Waals surface area contributed by atoms with Gasteiger partial charge >= 0.3 is 0 Å². The van der Waals surface area contributed by atoms with Crippen LogP contribution in [0.25, 0.3) is 0 Å². The quantitative estimate of drug-likeness (QED) is 0.262. The average Bonchev–Trinajstić information content (AvgIpc) is 2.80. The van der Waals surface area contributed by atoms with Crippen LogP contribution in [0.2, 0.25) is 0 Å². The predicted molar refractivity (Wildman–Crippen MR) is 148 cm³/mol. The highest BCUT2D eigenvalue weighted by atomic mass is 127. The molecule has 1 fully saturated rings. The maximum absolute atomic E-state index is 11.8. The van der Waals surface area contributed by atoms with E-state index in [0.29, 0.717) is 18.6 Å². The van der Waals surface area contributed by atoms with Crippen molar-refractivity contribution < 1.29 is 4.79 Å². The van der Waals surface area contributed by atoms with Crippen LogP contribution in [0.4, 0.5) is 5.69 Å². The molecule has 180 valence electrons. The Bertz CT molecular complexity index is 885. The third-order valence-electron chi connectivity index (χ3n) is 6.01. The molecule has 0 aliphatic carbocycles. The molecular weight excluding hydrogens is 525 g/mol. The lowest BCUT2D eigenvalue weighted by Gasteiger charge is -2.38. The Balaban J connectivity index is 0.00000385. The molecule has 7 heteroatoms. The number of hydrogen-bond donors (Lipinski definition) is 3. The minimum Gasteiger partial charge on any atom is -0.354 e. The first-order chi connectivity index (χ1) is 15.4. The number of guanidine groups is 1. The van der Waals surface area contributed by atoms with Gasteiger partial charge in [-0.2, -0.15) is 0 Å². The van der Waals surface area contributed by atoms with E-state index in [9.17, 15) is 4.79 Å². The zero-order valence-corrected chi connectivity index (χ0v) is 22.5. The summed E-state index contributed by atoms with van der Waals surface area (Å²) in [4.78, 5) is 18.8. The van der Waals surface area contributed by atoms with E-state index in [0.717, 1.165) is 43.1 Å². The average molecular weight is 564 g/mol. The van der Waals surface area contributed by atoms with Crippen molar-refractivity contribution in [1.82, 2.24) is 15.5 Å². The number of carbonyl (C=O) groups is 1. The Hall–Kier alpha value is -2.13. The summed E-state index contributed by atoms with van der Waals surface area (Å²) in [5, 5.41) is 9.93. The van der Waals surface area contributed by atoms with E-state index in [1.807, 2.05) is 45.2 Å². The number of amides is 1. The highest BCUT2D eigenvalue weighted by Gasteiger charge is 2.25. The minimum absolute atomic E-state index is 0. The van der Waals surface area contributed by atoms with E-state index >= 15 is 0 Å². The topological polar surface area (TPSA) is 68.8 Å². The third kappa shape index (κ3) is 8.62. The molecule has 1 aliphatic heterocycles. The minimum atomic E-state index is -0.0290. The van der Waals surface area contributed by atoms with Crippen LogP contribution in [0.3, 0.4) is 0 Å². The first-order valence-electron chi connectivity index (χ1n) is 11.6. The monoisotopic (exact) mass is 563 g/mol. The number of nitrogens with one attached hydrogen (secondary N) is 3. The van der Waals surface area contributed by atoms with E-state index in [-0.39, 0.29) is 35.8 Å². The van der Waals surface area contributed by atoms with E-state index < -0.39 is 0 Å². The Morgan fingerprint density at radius 3 is 2.39 bits per heavy atom. The maximum atomic E-state index is 11.8. The van der Waals surface area contributed by atoms with Gasteiger partial charge in [-0.25, -0.2) is 0 Å². The smallest absolute Gasteiger partial charge is 0.226 e. The summed E-state index contributed by atoms with van der Waals surface area (Å²) in [5.74, 6) is 0.832. The van der Waals surface area contributed by atoms with Crippen LogP contribution < -0.4 is 16.0 Å². The van der Waals surface area contributed by atoms with Gasteiger partial charge in [0.15, 0.2) is 5.96 Å². The highest BCUT2D eigenvalue weighted by Crippen LogP contribution is 2.20. The summed E-state index contributed by atoms with van der Waals surface area (Å²) >= 11 is 0. The van der Waals surface area contributed by atoms with Gasteiger partial charge in [0.1, 0.15) is 0 Å². The molecule has 0 spiro atoms. The summed E-state index contributed by atoms with van der Waals surface area (Å²) < 4.78 is 0. The fourth-order valence-corrected chi connectivity index (χ4v) is 3.97. The molecule has 2 unspecified atom stereocenters. The molecule has 1 saturated heterocycles. The van der Waals surface area contributed by atoms with Gasteiger partial charge in [-0.05, 0) is 43.0 Å². The molecule has 0 radical (unpaired) electrons. The molecule has 1 aliphatic rings. The summed E-state index contributed by atoms with van der Waals surface area (Å²) in [6, 6.07) is 19.6. The molecule has 2 aromatic carbocycles. The van der Waals surface area contributed by atoms with Crippen molar-refractivity contribution in [2.75, 3.05) is 18.9 Å². The summed E-state index contributed by atoms with van der Waals surface area (Å²) in [6.45, 7) is 8.86. The SMILES string of the molecule is CN=C(NCc1ccc(NC(=O)C(C)C)cc1)NC1CCN(Cc2ccccc2)C(C)C1.I. The van der Waals surface area contributed by atoms with E-state index in [1.54, 1.807) is 0 Å². The first kappa shape index (κ1) is 27.1. The van der Waals surface area contributed by atoms with Crippen LogP contribution in [0.5, 0.6) is 0 Å². The van der Waals surface area contributed by atoms with Crippen LogP contribution in [0.15, 0.2) is 59.6 Å². The van der Waals surface area contributed by atoms with Crippen LogP contribution in [0, 0.1) is 5.92 Å². The van der Waals surface area contributed by atoms with E-state index in [4.69, 9.17) is 0 Å². The van der Waals surface area contributed by atoms with Gasteiger partial charge in [0.25, 0.3) is 0 Å². The number of anilines is 1. The lowest BCUT2D eigenvalue weighted by molar-refractivity contribution is -0.118. The molecule has 33 heavy (non-hydrogen) atoms. The molecule has 0 bridgehead atoms. The second-order valence-corrected chi connectivity index (χ2v) is 8.94. The Kier molecular flexibility index (Phi) is 11.1. The van der Waals surface area contributed by atoms with Crippen molar-refractivity contribution in [2.24, 2.45) is 10.9 Å². The van der Waals surface area contributed by atoms with Gasteiger partial charge in [-0.1, -0.05) is 56.3 Å². The standard InChI is InChI=1S/C26H37N5O.HI/c1-19(2)25(32)29-23-12-10-21(11-13-23)17-28-26(27-4)30-24-14-15-31(20(3)16-24)18-22-8-6-5-7-9-22;/h5-13,19-20,24H,14-18H2,1-4H3,(H,29,32)(H2,27,28,30);1H. The molecule has 1 amide bonds. The van der Waals surface area contributed by atoms with Crippen molar-refractivity contribution >= 4 is 41.5 Å². The number of carbonyl (C=O) groups excluding carboxylic acids is 1. The fourth-order valence-electron chi connectivity index (χ4n) is 3.97. The molecule has 0 aromatic heterocycles. The maximum Gasteiger partial charge on any atom is 0.226 e. The van der Waals surface area contributed by atoms with Gasteiger partial charge in [0.05, 0.1) is 0 Å². The second-order valence-electron chi connectivity index (χ2n) is 8.94. The number of piperidine rings is 1. The Labute approximate surface area is 215 Å². The first-order valence-corrected chi connectivity index (χ1v) is 11.6. The van der Waals surface area contributed by atoms with Crippen LogP contribution in [-0.4, -0.2) is 42.4 Å². The molecule has 6 nitrogen and oxygen atoms in total. The van der Waals surface area contributed by atoms with Gasteiger partial charge in [-0.3, -0.25) is 14.7 Å². The molecule has 2 atom stereocenters. The number of likely N-dealkylation sites (tertiary alicyclic amines) is 1. The van der Waals surface area contributed by atoms with Gasteiger partial charge in [0.2, 0.25) is 5.91 Å². The van der Waals surface area contributed by atoms with Crippen molar-refractivity contribution in [3.63, 3.8) is 0 Å². The summed E-state index contributed by atoms with van der Waals surface area (Å²) in [7, 11) is 1.81. The molecule has 1 heterocycles.